The minimum absolute atomic E-state index is 0. The summed E-state index contributed by atoms with van der Waals surface area (Å²) in [6.07, 6.45) is -0.184. The molecule has 0 saturated heterocycles. The third-order valence-corrected chi connectivity index (χ3v) is 1.96. The summed E-state index contributed by atoms with van der Waals surface area (Å²) in [5.41, 5.74) is 4.40. The Morgan fingerprint density at radius 3 is 1.94 bits per heavy atom. The number of hydrogen-bond acceptors (Lipinski definition) is 2. The van der Waals surface area contributed by atoms with Gasteiger partial charge in [-0.15, -0.1) is 12.4 Å². The molecule has 0 spiro atoms. The van der Waals surface area contributed by atoms with Crippen LogP contribution in [-0.4, -0.2) is 11.7 Å². The highest BCUT2D eigenvalue weighted by Gasteiger charge is 2.23. The maximum Gasteiger partial charge on any atom is 0.166 e. The molecule has 0 aliphatic heterocycles. The SMILES string of the molecule is Cl.N[C@H](CCO)c1c(F)c(F)cc(F)c1F. The maximum absolute atomic E-state index is 13.1. The molecule has 92 valence electrons. The Labute approximate surface area is 95.5 Å². The van der Waals surface area contributed by atoms with Gasteiger partial charge >= 0.3 is 0 Å². The van der Waals surface area contributed by atoms with Crippen molar-refractivity contribution in [3.05, 3.63) is 34.9 Å². The van der Waals surface area contributed by atoms with E-state index >= 15 is 0 Å². The molecule has 16 heavy (non-hydrogen) atoms. The smallest absolute Gasteiger partial charge is 0.166 e. The van der Waals surface area contributed by atoms with Gasteiger partial charge in [-0.3, -0.25) is 0 Å². The first-order chi connectivity index (χ1) is 6.99. The van der Waals surface area contributed by atoms with Gasteiger partial charge in [0.2, 0.25) is 0 Å². The Morgan fingerprint density at radius 2 is 1.56 bits per heavy atom. The third-order valence-electron chi connectivity index (χ3n) is 1.96. The Bertz CT molecular complexity index is 349. The molecule has 0 heterocycles. The highest BCUT2D eigenvalue weighted by atomic mass is 35.5. The molecule has 1 rings (SSSR count). The lowest BCUT2D eigenvalue weighted by molar-refractivity contribution is 0.272. The zero-order valence-corrected chi connectivity index (χ0v) is 8.83. The second kappa shape index (κ2) is 6.03. The van der Waals surface area contributed by atoms with Crippen molar-refractivity contribution in [1.82, 2.24) is 0 Å². The van der Waals surface area contributed by atoms with Crippen LogP contribution in [0.15, 0.2) is 6.07 Å². The highest BCUT2D eigenvalue weighted by Crippen LogP contribution is 2.25. The van der Waals surface area contributed by atoms with Crippen LogP contribution in [0, 0.1) is 23.3 Å². The summed E-state index contributed by atoms with van der Waals surface area (Å²) in [7, 11) is 0. The van der Waals surface area contributed by atoms with Crippen molar-refractivity contribution in [2.45, 2.75) is 12.5 Å². The van der Waals surface area contributed by atoms with Crippen molar-refractivity contribution in [3.63, 3.8) is 0 Å². The van der Waals surface area contributed by atoms with E-state index in [0.717, 1.165) is 0 Å². The molecule has 1 aromatic carbocycles. The first-order valence-corrected chi connectivity index (χ1v) is 4.18. The molecule has 7 heteroatoms. The van der Waals surface area contributed by atoms with E-state index in [1.165, 1.54) is 0 Å². The predicted octanol–water partition coefficient (Wildman–Crippen LogP) is 2.05. The lowest BCUT2D eigenvalue weighted by Gasteiger charge is -2.13. The number of hydrogen-bond donors (Lipinski definition) is 2. The summed E-state index contributed by atoms with van der Waals surface area (Å²) in [6, 6.07) is -1.17. The van der Waals surface area contributed by atoms with E-state index in [4.69, 9.17) is 10.8 Å². The minimum Gasteiger partial charge on any atom is -0.396 e. The molecule has 0 aliphatic rings. The molecular weight excluding hydrogens is 250 g/mol. The number of halogens is 5. The van der Waals surface area contributed by atoms with Crippen molar-refractivity contribution in [1.29, 1.82) is 0 Å². The van der Waals surface area contributed by atoms with Crippen LogP contribution < -0.4 is 5.73 Å². The van der Waals surface area contributed by atoms with E-state index in [0.29, 0.717) is 0 Å². The highest BCUT2D eigenvalue weighted by molar-refractivity contribution is 5.85. The van der Waals surface area contributed by atoms with E-state index in [1.54, 1.807) is 0 Å². The zero-order chi connectivity index (χ0) is 11.6. The second-order valence-corrected chi connectivity index (χ2v) is 3.00. The molecule has 3 N–H and O–H groups in total. The zero-order valence-electron chi connectivity index (χ0n) is 8.01. The molecule has 0 fully saturated rings. The van der Waals surface area contributed by atoms with Crippen LogP contribution in [-0.2, 0) is 0 Å². The summed E-state index contributed by atoms with van der Waals surface area (Å²) >= 11 is 0. The molecule has 0 amide bonds. The Balaban J connectivity index is 0.00000225. The molecule has 0 aromatic heterocycles. The fraction of sp³-hybridized carbons (Fsp3) is 0.333. The number of nitrogens with two attached hydrogens (primary N) is 1. The summed E-state index contributed by atoms with van der Waals surface area (Å²) in [4.78, 5) is 0. The average molecular weight is 260 g/mol. The standard InChI is InChI=1S/C9H9F4NO.ClH/c10-4-3-5(11)9(13)7(8(4)12)6(14)1-2-15;/h3,6,15H,1-2,14H2;1H/t6-;/m1./s1. The summed E-state index contributed by atoms with van der Waals surface area (Å²) < 4.78 is 51.6. The van der Waals surface area contributed by atoms with Gasteiger partial charge in [0.1, 0.15) is 0 Å². The van der Waals surface area contributed by atoms with Gasteiger partial charge in [0.05, 0.1) is 0 Å². The lowest BCUT2D eigenvalue weighted by Crippen LogP contribution is -2.17. The van der Waals surface area contributed by atoms with Crippen molar-refractivity contribution < 1.29 is 22.7 Å². The first-order valence-electron chi connectivity index (χ1n) is 4.18. The average Bonchev–Trinajstić information content (AvgIpc) is 2.16. The van der Waals surface area contributed by atoms with E-state index in [9.17, 15) is 17.6 Å². The molecule has 1 aromatic rings. The number of rotatable bonds is 3. The van der Waals surface area contributed by atoms with Crippen LogP contribution in [0.5, 0.6) is 0 Å². The van der Waals surface area contributed by atoms with E-state index in [2.05, 4.69) is 0 Å². The largest absolute Gasteiger partial charge is 0.396 e. The molecule has 0 bridgehead atoms. The maximum atomic E-state index is 13.1. The first kappa shape index (κ1) is 15.2. The summed E-state index contributed by atoms with van der Waals surface area (Å²) in [6.45, 7) is -0.432. The predicted molar refractivity (Wildman–Crippen MR) is 52.2 cm³/mol. The van der Waals surface area contributed by atoms with Gasteiger partial charge in [-0.25, -0.2) is 17.6 Å². The van der Waals surface area contributed by atoms with Crippen LogP contribution in [0.3, 0.4) is 0 Å². The van der Waals surface area contributed by atoms with Gasteiger partial charge in [0.15, 0.2) is 23.3 Å². The van der Waals surface area contributed by atoms with Crippen LogP contribution in [0.25, 0.3) is 0 Å². The molecule has 2 nitrogen and oxygen atoms in total. The number of aliphatic hydroxyl groups is 1. The number of benzene rings is 1. The molecule has 0 unspecified atom stereocenters. The summed E-state index contributed by atoms with van der Waals surface area (Å²) in [5, 5.41) is 8.51. The van der Waals surface area contributed by atoms with Crippen molar-refractivity contribution in [2.75, 3.05) is 6.61 Å². The van der Waals surface area contributed by atoms with Crippen LogP contribution in [0.1, 0.15) is 18.0 Å². The van der Waals surface area contributed by atoms with Crippen LogP contribution in [0.4, 0.5) is 17.6 Å². The molecular formula is C9H10ClF4NO. The van der Waals surface area contributed by atoms with Crippen molar-refractivity contribution in [3.8, 4) is 0 Å². The van der Waals surface area contributed by atoms with Gasteiger partial charge in [-0.05, 0) is 6.42 Å². The molecule has 0 aliphatic carbocycles. The monoisotopic (exact) mass is 259 g/mol. The van der Waals surface area contributed by atoms with E-state index in [-0.39, 0.29) is 24.9 Å². The number of aliphatic hydroxyl groups excluding tert-OH is 1. The van der Waals surface area contributed by atoms with E-state index < -0.39 is 41.5 Å². The van der Waals surface area contributed by atoms with Gasteiger partial charge in [-0.2, -0.15) is 0 Å². The molecule has 0 saturated carbocycles. The Kier molecular flexibility index (Phi) is 5.71. The lowest BCUT2D eigenvalue weighted by atomic mass is 10.0. The van der Waals surface area contributed by atoms with E-state index in [1.807, 2.05) is 0 Å². The normalized spacial score (nSPS) is 12.1. The fourth-order valence-electron chi connectivity index (χ4n) is 1.20. The van der Waals surface area contributed by atoms with Crippen molar-refractivity contribution >= 4 is 12.4 Å². The topological polar surface area (TPSA) is 46.2 Å². The quantitative estimate of drug-likeness (QED) is 0.645. The second-order valence-electron chi connectivity index (χ2n) is 3.00. The van der Waals surface area contributed by atoms with Crippen molar-refractivity contribution in [2.24, 2.45) is 5.73 Å². The van der Waals surface area contributed by atoms with Crippen LogP contribution in [0.2, 0.25) is 0 Å². The summed E-state index contributed by atoms with van der Waals surface area (Å²) in [5.74, 6) is -6.04. The van der Waals surface area contributed by atoms with Crippen LogP contribution >= 0.6 is 12.4 Å². The van der Waals surface area contributed by atoms with Gasteiger partial charge in [0.25, 0.3) is 0 Å². The molecule has 0 radical (unpaired) electrons. The Hall–Kier alpha value is -0.850. The van der Waals surface area contributed by atoms with Gasteiger partial charge in [-0.1, -0.05) is 0 Å². The van der Waals surface area contributed by atoms with Gasteiger partial charge in [0, 0.05) is 24.3 Å². The fourth-order valence-corrected chi connectivity index (χ4v) is 1.20. The van der Waals surface area contributed by atoms with Gasteiger partial charge < -0.3 is 10.8 Å². The minimum atomic E-state index is -1.52. The third kappa shape index (κ3) is 2.84. The molecule has 1 atom stereocenters. The Morgan fingerprint density at radius 1 is 1.12 bits per heavy atom.